The van der Waals surface area contributed by atoms with Crippen LogP contribution in [0, 0.1) is 0 Å². The van der Waals surface area contributed by atoms with Crippen molar-refractivity contribution >= 4 is 12.4 Å². The van der Waals surface area contributed by atoms with E-state index in [0.29, 0.717) is 6.04 Å². The van der Waals surface area contributed by atoms with Gasteiger partial charge in [-0.1, -0.05) is 35.5 Å². The van der Waals surface area contributed by atoms with E-state index >= 15 is 0 Å². The lowest BCUT2D eigenvalue weighted by Crippen LogP contribution is -2.43. The van der Waals surface area contributed by atoms with Crippen LogP contribution in [0.5, 0.6) is 0 Å². The van der Waals surface area contributed by atoms with Gasteiger partial charge in [-0.05, 0) is 38.4 Å². The minimum absolute atomic E-state index is 0. The van der Waals surface area contributed by atoms with Crippen LogP contribution in [0.4, 0.5) is 0 Å². The molecule has 1 aliphatic heterocycles. The molecule has 0 amide bonds. The lowest BCUT2D eigenvalue weighted by molar-refractivity contribution is 0.167. The zero-order chi connectivity index (χ0) is 15.2. The number of likely N-dealkylation sites (tertiary alicyclic amines) is 1. The Bertz CT molecular complexity index is 575. The maximum atomic E-state index is 5.40. The van der Waals surface area contributed by atoms with Gasteiger partial charge in [0.25, 0.3) is 0 Å². The number of hydrogen-bond acceptors (Lipinski definition) is 5. The molecule has 0 radical (unpaired) electrons. The number of benzene rings is 1. The molecule has 1 fully saturated rings. The molecule has 3 rings (SSSR count). The fourth-order valence-corrected chi connectivity index (χ4v) is 2.98. The molecule has 1 N–H and O–H groups in total. The summed E-state index contributed by atoms with van der Waals surface area (Å²) < 4.78 is 5.40. The fraction of sp³-hybridized carbons (Fsp3) is 0.529. The van der Waals surface area contributed by atoms with Crippen LogP contribution in [0.15, 0.2) is 34.9 Å². The number of halogens is 1. The lowest BCUT2D eigenvalue weighted by atomic mass is 10.1. The largest absolute Gasteiger partial charge is 0.338 e. The van der Waals surface area contributed by atoms with E-state index in [4.69, 9.17) is 4.52 Å². The topological polar surface area (TPSA) is 54.2 Å². The molecule has 2 heterocycles. The molecule has 1 atom stereocenters. The second-order valence-electron chi connectivity index (χ2n) is 5.95. The van der Waals surface area contributed by atoms with Gasteiger partial charge in [0, 0.05) is 19.0 Å². The van der Waals surface area contributed by atoms with Gasteiger partial charge in [-0.25, -0.2) is 0 Å². The van der Waals surface area contributed by atoms with Gasteiger partial charge in [-0.3, -0.25) is 4.90 Å². The van der Waals surface area contributed by atoms with Gasteiger partial charge >= 0.3 is 0 Å². The first-order valence-electron chi connectivity index (χ1n) is 8.08. The van der Waals surface area contributed by atoms with Gasteiger partial charge in [0.15, 0.2) is 5.82 Å². The van der Waals surface area contributed by atoms with Crippen molar-refractivity contribution in [2.75, 3.05) is 20.1 Å². The number of rotatable bonds is 6. The van der Waals surface area contributed by atoms with E-state index in [0.717, 1.165) is 44.2 Å². The van der Waals surface area contributed by atoms with Crippen molar-refractivity contribution in [3.8, 4) is 0 Å². The molecule has 1 aromatic heterocycles. The van der Waals surface area contributed by atoms with E-state index in [1.165, 1.54) is 18.4 Å². The Kier molecular flexibility index (Phi) is 7.02. The van der Waals surface area contributed by atoms with Crippen LogP contribution in [0.3, 0.4) is 0 Å². The van der Waals surface area contributed by atoms with Crippen molar-refractivity contribution in [2.24, 2.45) is 0 Å². The van der Waals surface area contributed by atoms with Crippen LogP contribution in [0.1, 0.15) is 30.1 Å². The SMILES string of the molecule is CNC1CCCN(Cc2nc(CCc3ccccc3)no2)C1.Cl. The predicted octanol–water partition coefficient (Wildman–Crippen LogP) is 2.46. The number of hydrogen-bond donors (Lipinski definition) is 1. The van der Waals surface area contributed by atoms with Crippen LogP contribution in [0.25, 0.3) is 0 Å². The highest BCUT2D eigenvalue weighted by Gasteiger charge is 2.20. The van der Waals surface area contributed by atoms with Crippen molar-refractivity contribution in [1.82, 2.24) is 20.4 Å². The van der Waals surface area contributed by atoms with Crippen LogP contribution in [0.2, 0.25) is 0 Å². The molecule has 0 spiro atoms. The molecule has 5 nitrogen and oxygen atoms in total. The third-order valence-electron chi connectivity index (χ3n) is 4.26. The Morgan fingerprint density at radius 3 is 2.87 bits per heavy atom. The van der Waals surface area contributed by atoms with Gasteiger partial charge in [0.05, 0.1) is 6.54 Å². The third-order valence-corrected chi connectivity index (χ3v) is 4.26. The second-order valence-corrected chi connectivity index (χ2v) is 5.95. The molecule has 6 heteroatoms. The van der Waals surface area contributed by atoms with Crippen LogP contribution >= 0.6 is 12.4 Å². The summed E-state index contributed by atoms with van der Waals surface area (Å²) in [4.78, 5) is 6.92. The van der Waals surface area contributed by atoms with E-state index in [1.807, 2.05) is 13.1 Å². The van der Waals surface area contributed by atoms with E-state index in [-0.39, 0.29) is 12.4 Å². The summed E-state index contributed by atoms with van der Waals surface area (Å²) in [5.41, 5.74) is 1.31. The van der Waals surface area contributed by atoms with Crippen LogP contribution < -0.4 is 5.32 Å². The monoisotopic (exact) mass is 336 g/mol. The number of nitrogens with one attached hydrogen (secondary N) is 1. The van der Waals surface area contributed by atoms with E-state index in [2.05, 4.69) is 44.6 Å². The standard InChI is InChI=1S/C17H24N4O.ClH/c1-18-15-8-5-11-21(12-15)13-17-19-16(20-22-17)10-9-14-6-3-2-4-7-14;/h2-4,6-7,15,18H,5,8-13H2,1H3;1H. The van der Waals surface area contributed by atoms with Crippen LogP contribution in [-0.4, -0.2) is 41.2 Å². The number of aromatic nitrogens is 2. The lowest BCUT2D eigenvalue weighted by Gasteiger charge is -2.31. The molecule has 23 heavy (non-hydrogen) atoms. The number of likely N-dealkylation sites (N-methyl/N-ethyl adjacent to an activating group) is 1. The summed E-state index contributed by atoms with van der Waals surface area (Å²) in [6.45, 7) is 2.93. The minimum Gasteiger partial charge on any atom is -0.338 e. The maximum absolute atomic E-state index is 5.40. The van der Waals surface area contributed by atoms with Gasteiger partial charge in [-0.2, -0.15) is 4.98 Å². The summed E-state index contributed by atoms with van der Waals surface area (Å²) in [5, 5.41) is 7.46. The first-order chi connectivity index (χ1) is 10.8. The van der Waals surface area contributed by atoms with Crippen molar-refractivity contribution in [3.63, 3.8) is 0 Å². The zero-order valence-electron chi connectivity index (χ0n) is 13.6. The molecule has 0 aliphatic carbocycles. The Morgan fingerprint density at radius 2 is 2.09 bits per heavy atom. The predicted molar refractivity (Wildman–Crippen MR) is 92.8 cm³/mol. The molecule has 0 bridgehead atoms. The van der Waals surface area contributed by atoms with Gasteiger partial charge in [-0.15, -0.1) is 12.4 Å². The molecule has 1 saturated heterocycles. The fourth-order valence-electron chi connectivity index (χ4n) is 2.98. The summed E-state index contributed by atoms with van der Waals surface area (Å²) >= 11 is 0. The number of piperidine rings is 1. The average Bonchev–Trinajstić information content (AvgIpc) is 3.01. The van der Waals surface area contributed by atoms with Crippen molar-refractivity contribution in [2.45, 2.75) is 38.3 Å². The second kappa shape index (κ2) is 9.01. The molecule has 1 unspecified atom stereocenters. The smallest absolute Gasteiger partial charge is 0.240 e. The summed E-state index contributed by atoms with van der Waals surface area (Å²) in [6.07, 6.45) is 4.25. The summed E-state index contributed by atoms with van der Waals surface area (Å²) in [5.74, 6) is 1.54. The Labute approximate surface area is 143 Å². The van der Waals surface area contributed by atoms with E-state index in [1.54, 1.807) is 0 Å². The minimum atomic E-state index is 0. The van der Waals surface area contributed by atoms with E-state index in [9.17, 15) is 0 Å². The van der Waals surface area contributed by atoms with Gasteiger partial charge < -0.3 is 9.84 Å². The Morgan fingerprint density at radius 1 is 1.26 bits per heavy atom. The quantitative estimate of drug-likeness (QED) is 0.878. The molecule has 0 saturated carbocycles. The molecular weight excluding hydrogens is 312 g/mol. The first kappa shape index (κ1) is 17.9. The highest BCUT2D eigenvalue weighted by molar-refractivity contribution is 5.85. The van der Waals surface area contributed by atoms with Crippen molar-refractivity contribution < 1.29 is 4.52 Å². The number of aryl methyl sites for hydroxylation is 2. The highest BCUT2D eigenvalue weighted by atomic mass is 35.5. The zero-order valence-corrected chi connectivity index (χ0v) is 14.4. The molecule has 126 valence electrons. The number of nitrogens with zero attached hydrogens (tertiary/aromatic N) is 3. The molecule has 1 aromatic carbocycles. The van der Waals surface area contributed by atoms with Crippen LogP contribution in [-0.2, 0) is 19.4 Å². The summed E-state index contributed by atoms with van der Waals surface area (Å²) in [7, 11) is 2.03. The average molecular weight is 337 g/mol. The third kappa shape index (κ3) is 5.30. The maximum Gasteiger partial charge on any atom is 0.240 e. The molecule has 2 aromatic rings. The Hall–Kier alpha value is -1.43. The van der Waals surface area contributed by atoms with Gasteiger partial charge in [0.2, 0.25) is 5.89 Å². The molecule has 1 aliphatic rings. The molecular formula is C17H25ClN4O. The Balaban J connectivity index is 0.00000192. The van der Waals surface area contributed by atoms with E-state index < -0.39 is 0 Å². The normalized spacial score (nSPS) is 18.6. The first-order valence-corrected chi connectivity index (χ1v) is 8.08. The van der Waals surface area contributed by atoms with Gasteiger partial charge in [0.1, 0.15) is 0 Å². The van der Waals surface area contributed by atoms with Crippen molar-refractivity contribution in [1.29, 1.82) is 0 Å². The van der Waals surface area contributed by atoms with Crippen molar-refractivity contribution in [3.05, 3.63) is 47.6 Å². The summed E-state index contributed by atoms with van der Waals surface area (Å²) in [6, 6.07) is 11.0. The highest BCUT2D eigenvalue weighted by Crippen LogP contribution is 2.13.